The van der Waals surface area contributed by atoms with Crippen LogP contribution in [0.5, 0.6) is 0 Å². The second-order valence-corrected chi connectivity index (χ2v) is 5.06. The van der Waals surface area contributed by atoms with E-state index in [-0.39, 0.29) is 5.82 Å². The van der Waals surface area contributed by atoms with Crippen LogP contribution < -0.4 is 0 Å². The molecule has 2 rings (SSSR count). The van der Waals surface area contributed by atoms with Crippen LogP contribution in [0.4, 0.5) is 4.39 Å². The Labute approximate surface area is 119 Å². The lowest BCUT2D eigenvalue weighted by atomic mass is 10.1. The topological polar surface area (TPSA) is 27.0 Å². The van der Waals surface area contributed by atoms with Crippen LogP contribution >= 0.6 is 0 Å². The van der Waals surface area contributed by atoms with E-state index in [0.717, 1.165) is 12.1 Å². The first kappa shape index (κ1) is 14.2. The number of benzene rings is 2. The summed E-state index contributed by atoms with van der Waals surface area (Å²) in [4.78, 5) is 2.11. The number of nitrogens with zero attached hydrogens (tertiary/aromatic N) is 2. The van der Waals surface area contributed by atoms with Gasteiger partial charge >= 0.3 is 0 Å². The SMILES string of the molecule is Cc1ccccc1CN(C)Cc1cc(F)cc(C#N)c1. The van der Waals surface area contributed by atoms with E-state index in [9.17, 15) is 4.39 Å². The third-order valence-electron chi connectivity index (χ3n) is 3.24. The predicted molar refractivity (Wildman–Crippen MR) is 77.5 cm³/mol. The minimum Gasteiger partial charge on any atom is -0.298 e. The Kier molecular flexibility index (Phi) is 4.49. The summed E-state index contributed by atoms with van der Waals surface area (Å²) in [5.74, 6) is -0.358. The zero-order valence-electron chi connectivity index (χ0n) is 11.7. The Morgan fingerprint density at radius 3 is 2.60 bits per heavy atom. The van der Waals surface area contributed by atoms with Gasteiger partial charge in [-0.3, -0.25) is 4.90 Å². The molecule has 2 aromatic rings. The molecule has 0 atom stereocenters. The number of rotatable bonds is 4. The molecule has 102 valence electrons. The van der Waals surface area contributed by atoms with Crippen molar-refractivity contribution < 1.29 is 4.39 Å². The Hall–Kier alpha value is -2.18. The molecule has 0 radical (unpaired) electrons. The largest absolute Gasteiger partial charge is 0.298 e. The van der Waals surface area contributed by atoms with Crippen LogP contribution in [0.3, 0.4) is 0 Å². The van der Waals surface area contributed by atoms with Crippen molar-refractivity contribution in [2.75, 3.05) is 7.05 Å². The molecule has 0 saturated heterocycles. The van der Waals surface area contributed by atoms with Crippen molar-refractivity contribution in [2.45, 2.75) is 20.0 Å². The van der Waals surface area contributed by atoms with Gasteiger partial charge in [-0.15, -0.1) is 0 Å². The van der Waals surface area contributed by atoms with Gasteiger partial charge in [0.15, 0.2) is 0 Å². The molecule has 2 aromatic carbocycles. The highest BCUT2D eigenvalue weighted by Gasteiger charge is 2.06. The molecule has 0 aliphatic carbocycles. The molecule has 3 heteroatoms. The van der Waals surface area contributed by atoms with Crippen molar-refractivity contribution in [1.82, 2.24) is 4.90 Å². The molecular formula is C17H17FN2. The first-order valence-electron chi connectivity index (χ1n) is 6.51. The Balaban J connectivity index is 2.09. The van der Waals surface area contributed by atoms with Gasteiger partial charge < -0.3 is 0 Å². The van der Waals surface area contributed by atoms with Crippen LogP contribution in [0.1, 0.15) is 22.3 Å². The molecule has 0 aliphatic heterocycles. The van der Waals surface area contributed by atoms with Gasteiger partial charge in [-0.1, -0.05) is 24.3 Å². The Morgan fingerprint density at radius 2 is 1.90 bits per heavy atom. The molecule has 0 saturated carbocycles. The molecule has 20 heavy (non-hydrogen) atoms. The molecular weight excluding hydrogens is 251 g/mol. The quantitative estimate of drug-likeness (QED) is 0.846. The summed E-state index contributed by atoms with van der Waals surface area (Å²) in [6.07, 6.45) is 0. The van der Waals surface area contributed by atoms with Gasteiger partial charge in [0, 0.05) is 13.1 Å². The van der Waals surface area contributed by atoms with Gasteiger partial charge in [0.05, 0.1) is 11.6 Å². The number of halogens is 1. The van der Waals surface area contributed by atoms with Crippen molar-refractivity contribution >= 4 is 0 Å². The third kappa shape index (κ3) is 3.66. The first-order chi connectivity index (χ1) is 9.58. The number of hydrogen-bond donors (Lipinski definition) is 0. The van der Waals surface area contributed by atoms with Crippen LogP contribution in [0.2, 0.25) is 0 Å². The normalized spacial score (nSPS) is 10.6. The maximum atomic E-state index is 13.4. The van der Waals surface area contributed by atoms with Gasteiger partial charge in [0.2, 0.25) is 0 Å². The summed E-state index contributed by atoms with van der Waals surface area (Å²) in [6, 6.07) is 14.7. The van der Waals surface area contributed by atoms with Crippen LogP contribution in [0.25, 0.3) is 0 Å². The lowest BCUT2D eigenvalue weighted by Crippen LogP contribution is -2.18. The fourth-order valence-electron chi connectivity index (χ4n) is 2.25. The average molecular weight is 268 g/mol. The third-order valence-corrected chi connectivity index (χ3v) is 3.24. The van der Waals surface area contributed by atoms with Crippen molar-refractivity contribution in [3.8, 4) is 6.07 Å². The van der Waals surface area contributed by atoms with E-state index in [1.54, 1.807) is 6.07 Å². The zero-order valence-corrected chi connectivity index (χ0v) is 11.7. The molecule has 0 N–H and O–H groups in total. The van der Waals surface area contributed by atoms with Crippen molar-refractivity contribution in [2.24, 2.45) is 0 Å². The first-order valence-corrected chi connectivity index (χ1v) is 6.51. The van der Waals surface area contributed by atoms with Gasteiger partial charge in [0.25, 0.3) is 0 Å². The Morgan fingerprint density at radius 1 is 1.15 bits per heavy atom. The summed E-state index contributed by atoms with van der Waals surface area (Å²) in [6.45, 7) is 3.49. The van der Waals surface area contributed by atoms with Crippen LogP contribution in [-0.4, -0.2) is 11.9 Å². The highest BCUT2D eigenvalue weighted by Crippen LogP contribution is 2.14. The summed E-state index contributed by atoms with van der Waals surface area (Å²) < 4.78 is 13.4. The lowest BCUT2D eigenvalue weighted by molar-refractivity contribution is 0.318. The predicted octanol–water partition coefficient (Wildman–Crippen LogP) is 3.64. The van der Waals surface area contributed by atoms with E-state index in [1.165, 1.54) is 23.3 Å². The smallest absolute Gasteiger partial charge is 0.124 e. The highest BCUT2D eigenvalue weighted by molar-refractivity contribution is 5.33. The fraction of sp³-hybridized carbons (Fsp3) is 0.235. The maximum absolute atomic E-state index is 13.4. The number of aryl methyl sites for hydroxylation is 1. The van der Waals surface area contributed by atoms with Gasteiger partial charge in [-0.05, 0) is 48.9 Å². The van der Waals surface area contributed by atoms with Crippen molar-refractivity contribution in [1.29, 1.82) is 5.26 Å². The van der Waals surface area contributed by atoms with E-state index < -0.39 is 0 Å². The minimum absolute atomic E-state index is 0.358. The standard InChI is InChI=1S/C17H17FN2/c1-13-5-3-4-6-16(13)12-20(2)11-15-7-14(10-19)8-17(18)9-15/h3-9H,11-12H2,1-2H3. The second-order valence-electron chi connectivity index (χ2n) is 5.06. The number of hydrogen-bond acceptors (Lipinski definition) is 2. The molecule has 0 unspecified atom stereocenters. The summed E-state index contributed by atoms with van der Waals surface area (Å²) in [5.41, 5.74) is 3.69. The van der Waals surface area contributed by atoms with Crippen LogP contribution in [-0.2, 0) is 13.1 Å². The summed E-state index contributed by atoms with van der Waals surface area (Å²) in [7, 11) is 1.99. The van der Waals surface area contributed by atoms with Crippen molar-refractivity contribution in [3.63, 3.8) is 0 Å². The van der Waals surface area contributed by atoms with Crippen molar-refractivity contribution in [3.05, 3.63) is 70.5 Å². The van der Waals surface area contributed by atoms with Crippen LogP contribution in [0.15, 0.2) is 42.5 Å². The fourth-order valence-corrected chi connectivity index (χ4v) is 2.25. The molecule has 0 bridgehead atoms. The van der Waals surface area contributed by atoms with E-state index in [4.69, 9.17) is 5.26 Å². The average Bonchev–Trinajstić information content (AvgIpc) is 2.40. The van der Waals surface area contributed by atoms with E-state index >= 15 is 0 Å². The molecule has 0 spiro atoms. The Bertz CT molecular complexity index is 644. The lowest BCUT2D eigenvalue weighted by Gasteiger charge is -2.18. The maximum Gasteiger partial charge on any atom is 0.124 e. The van der Waals surface area contributed by atoms with Crippen LogP contribution in [0, 0.1) is 24.1 Å². The van der Waals surface area contributed by atoms with Gasteiger partial charge in [0.1, 0.15) is 5.82 Å². The molecule has 0 aromatic heterocycles. The molecule has 0 aliphatic rings. The monoisotopic (exact) mass is 268 g/mol. The minimum atomic E-state index is -0.358. The van der Waals surface area contributed by atoms with Gasteiger partial charge in [-0.25, -0.2) is 4.39 Å². The van der Waals surface area contributed by atoms with E-state index in [1.807, 2.05) is 25.2 Å². The number of nitriles is 1. The summed E-state index contributed by atoms with van der Waals surface area (Å²) >= 11 is 0. The van der Waals surface area contributed by atoms with E-state index in [2.05, 4.69) is 24.0 Å². The second kappa shape index (κ2) is 6.31. The molecule has 2 nitrogen and oxygen atoms in total. The van der Waals surface area contributed by atoms with Gasteiger partial charge in [-0.2, -0.15) is 5.26 Å². The molecule has 0 heterocycles. The molecule has 0 amide bonds. The summed E-state index contributed by atoms with van der Waals surface area (Å²) in [5, 5.41) is 8.86. The van der Waals surface area contributed by atoms with E-state index in [0.29, 0.717) is 12.1 Å². The highest BCUT2D eigenvalue weighted by atomic mass is 19.1. The zero-order chi connectivity index (χ0) is 14.5. The molecule has 0 fully saturated rings.